The summed E-state index contributed by atoms with van der Waals surface area (Å²) in [6.45, 7) is 0.975. The highest BCUT2D eigenvalue weighted by Crippen LogP contribution is 2.45. The van der Waals surface area contributed by atoms with Crippen LogP contribution in [0.1, 0.15) is 52.4 Å². The maximum Gasteiger partial charge on any atom is 0.335 e. The van der Waals surface area contributed by atoms with Gasteiger partial charge in [-0.25, -0.2) is 9.78 Å². The average Bonchev–Trinajstić information content (AvgIpc) is 3.60. The fraction of sp³-hybridized carbons (Fsp3) is 0.300. The Morgan fingerprint density at radius 3 is 2.77 bits per heavy atom. The summed E-state index contributed by atoms with van der Waals surface area (Å²) in [4.78, 5) is 17.5. The standard InChI is InChI=1S/C30H28ClN3O6/c1-38-25-5-3-2-4-21(25)27-22(28(40-33-27)18-6-7-18)16-39-20-8-9-23(24(31)15-20)30(37)11-13-34(17-30)26-14-19(29(35)36)10-12-32-26/h2-5,8-10,12,14-15,18,37H,6-7,11,13,16-17H2,1H3,(H,35,36). The van der Waals surface area contributed by atoms with Gasteiger partial charge in [-0.2, -0.15) is 0 Å². The van der Waals surface area contributed by atoms with Crippen molar-refractivity contribution >= 4 is 23.4 Å². The maximum atomic E-state index is 11.5. The molecule has 2 aromatic carbocycles. The zero-order valence-corrected chi connectivity index (χ0v) is 22.6. The van der Waals surface area contributed by atoms with Crippen LogP contribution in [-0.2, 0) is 12.2 Å². The summed E-state index contributed by atoms with van der Waals surface area (Å²) in [5.41, 5.74) is 1.92. The lowest BCUT2D eigenvalue weighted by molar-refractivity contribution is 0.0606. The summed E-state index contributed by atoms with van der Waals surface area (Å²) in [6.07, 6.45) is 3.98. The number of carboxylic acid groups (broad SMARTS) is 1. The number of halogens is 1. The van der Waals surface area contributed by atoms with Crippen molar-refractivity contribution in [2.45, 2.75) is 37.4 Å². The van der Waals surface area contributed by atoms with Gasteiger partial charge in [-0.3, -0.25) is 0 Å². The van der Waals surface area contributed by atoms with Gasteiger partial charge in [-0.15, -0.1) is 0 Å². The number of carbonyl (C=O) groups is 1. The fourth-order valence-corrected chi connectivity index (χ4v) is 5.58. The molecule has 0 spiro atoms. The predicted octanol–water partition coefficient (Wildman–Crippen LogP) is 5.65. The first-order valence-electron chi connectivity index (χ1n) is 13.1. The number of benzene rings is 2. The second-order valence-electron chi connectivity index (χ2n) is 10.2. The Morgan fingerprint density at radius 2 is 2.02 bits per heavy atom. The van der Waals surface area contributed by atoms with Gasteiger partial charge in [0.1, 0.15) is 41.0 Å². The van der Waals surface area contributed by atoms with Gasteiger partial charge in [-0.1, -0.05) is 35.0 Å². The molecule has 2 N–H and O–H groups in total. The summed E-state index contributed by atoms with van der Waals surface area (Å²) >= 11 is 6.68. The minimum Gasteiger partial charge on any atom is -0.496 e. The Balaban J connectivity index is 1.20. The first-order chi connectivity index (χ1) is 19.4. The Hall–Kier alpha value is -4.08. The summed E-state index contributed by atoms with van der Waals surface area (Å²) in [5, 5.41) is 25.6. The monoisotopic (exact) mass is 561 g/mol. The van der Waals surface area contributed by atoms with Crippen molar-refractivity contribution in [2.24, 2.45) is 0 Å². The number of rotatable bonds is 9. The van der Waals surface area contributed by atoms with Gasteiger partial charge in [-0.05, 0) is 55.7 Å². The largest absolute Gasteiger partial charge is 0.496 e. The van der Waals surface area contributed by atoms with Crippen LogP contribution in [0.4, 0.5) is 5.82 Å². The first kappa shape index (κ1) is 26.2. The molecule has 1 atom stereocenters. The lowest BCUT2D eigenvalue weighted by Crippen LogP contribution is -2.31. The van der Waals surface area contributed by atoms with Gasteiger partial charge in [0, 0.05) is 29.8 Å². The smallest absolute Gasteiger partial charge is 0.335 e. The molecule has 1 aliphatic carbocycles. The van der Waals surface area contributed by atoms with Crippen LogP contribution in [0.15, 0.2) is 65.3 Å². The molecule has 1 saturated heterocycles. The number of nitrogens with zero attached hydrogens (tertiary/aromatic N) is 3. The molecular formula is C30H28ClN3O6. The molecule has 3 heterocycles. The van der Waals surface area contributed by atoms with Crippen LogP contribution in [0.3, 0.4) is 0 Å². The number of carboxylic acids is 1. The summed E-state index contributed by atoms with van der Waals surface area (Å²) in [7, 11) is 1.63. The van der Waals surface area contributed by atoms with Crippen LogP contribution in [0.2, 0.25) is 5.02 Å². The van der Waals surface area contributed by atoms with E-state index in [0.29, 0.717) is 52.5 Å². The Labute approximate surface area is 235 Å². The molecule has 1 unspecified atom stereocenters. The molecule has 1 aliphatic heterocycles. The van der Waals surface area contributed by atoms with Crippen molar-refractivity contribution in [3.05, 3.63) is 88.3 Å². The van der Waals surface area contributed by atoms with Gasteiger partial charge in [0.2, 0.25) is 0 Å². The van der Waals surface area contributed by atoms with Crippen molar-refractivity contribution in [3.63, 3.8) is 0 Å². The molecule has 4 aromatic rings. The van der Waals surface area contributed by atoms with E-state index in [2.05, 4.69) is 10.1 Å². The molecule has 206 valence electrons. The number of anilines is 1. The van der Waals surface area contributed by atoms with Crippen molar-refractivity contribution < 1.29 is 29.0 Å². The van der Waals surface area contributed by atoms with Gasteiger partial charge < -0.3 is 29.1 Å². The van der Waals surface area contributed by atoms with Crippen LogP contribution in [0.25, 0.3) is 11.3 Å². The zero-order chi connectivity index (χ0) is 27.9. The third kappa shape index (κ3) is 4.98. The lowest BCUT2D eigenvalue weighted by Gasteiger charge is -2.25. The Morgan fingerprint density at radius 1 is 1.20 bits per heavy atom. The summed E-state index contributed by atoms with van der Waals surface area (Å²) in [6, 6.07) is 15.9. The van der Waals surface area contributed by atoms with E-state index in [1.54, 1.807) is 25.3 Å². The molecular weight excluding hydrogens is 534 g/mol. The molecule has 9 nitrogen and oxygen atoms in total. The van der Waals surface area contributed by atoms with E-state index in [1.807, 2.05) is 29.2 Å². The van der Waals surface area contributed by atoms with Crippen LogP contribution in [-0.4, -0.2) is 46.5 Å². The topological polar surface area (TPSA) is 118 Å². The lowest BCUT2D eigenvalue weighted by atomic mass is 9.93. The number of methoxy groups -OCH3 is 1. The zero-order valence-electron chi connectivity index (χ0n) is 21.8. The van der Waals surface area contributed by atoms with Crippen LogP contribution in [0.5, 0.6) is 11.5 Å². The molecule has 10 heteroatoms. The van der Waals surface area contributed by atoms with Crippen LogP contribution in [0, 0.1) is 0 Å². The molecule has 2 aromatic heterocycles. The third-order valence-corrected chi connectivity index (χ3v) is 7.83. The van der Waals surface area contributed by atoms with Crippen LogP contribution < -0.4 is 14.4 Å². The van der Waals surface area contributed by atoms with E-state index in [-0.39, 0.29) is 18.7 Å². The van der Waals surface area contributed by atoms with E-state index in [4.69, 9.17) is 25.6 Å². The minimum absolute atomic E-state index is 0.145. The number of para-hydroxylation sites is 1. The molecule has 1 saturated carbocycles. The Kier molecular flexibility index (Phi) is 6.85. The molecule has 6 rings (SSSR count). The van der Waals surface area contributed by atoms with Crippen LogP contribution >= 0.6 is 11.6 Å². The van der Waals surface area contributed by atoms with E-state index in [1.165, 1.54) is 18.3 Å². The van der Waals surface area contributed by atoms with Crippen molar-refractivity contribution in [1.82, 2.24) is 10.1 Å². The molecule has 2 aliphatic rings. The second kappa shape index (κ2) is 10.5. The number of aliphatic hydroxyl groups is 1. The summed E-state index contributed by atoms with van der Waals surface area (Å²) < 4.78 is 17.5. The van der Waals surface area contributed by atoms with Gasteiger partial charge in [0.15, 0.2) is 0 Å². The molecule has 0 bridgehead atoms. The third-order valence-electron chi connectivity index (χ3n) is 7.52. The SMILES string of the molecule is COc1ccccc1-c1noc(C2CC2)c1COc1ccc(C2(O)CCN(c3cc(C(=O)O)ccn3)C2)c(Cl)c1. The minimum atomic E-state index is -1.22. The van der Waals surface area contributed by atoms with E-state index < -0.39 is 11.6 Å². The molecule has 2 fully saturated rings. The van der Waals surface area contributed by atoms with Crippen molar-refractivity contribution in [3.8, 4) is 22.8 Å². The average molecular weight is 562 g/mol. The fourth-order valence-electron chi connectivity index (χ4n) is 5.23. The summed E-state index contributed by atoms with van der Waals surface area (Å²) in [5.74, 6) is 1.91. The second-order valence-corrected chi connectivity index (χ2v) is 10.6. The maximum absolute atomic E-state index is 11.5. The molecule has 40 heavy (non-hydrogen) atoms. The van der Waals surface area contributed by atoms with Crippen molar-refractivity contribution in [2.75, 3.05) is 25.1 Å². The highest BCUT2D eigenvalue weighted by Gasteiger charge is 2.40. The van der Waals surface area contributed by atoms with Gasteiger partial charge >= 0.3 is 5.97 Å². The highest BCUT2D eigenvalue weighted by atomic mass is 35.5. The Bertz CT molecular complexity index is 1570. The number of hydrogen-bond donors (Lipinski definition) is 2. The number of β-amino-alcohol motifs (C(OH)–C–C–N with tert-alkyl or cyclic N) is 1. The van der Waals surface area contributed by atoms with E-state index in [9.17, 15) is 15.0 Å². The first-order valence-corrected chi connectivity index (χ1v) is 13.5. The number of aromatic nitrogens is 2. The van der Waals surface area contributed by atoms with Gasteiger partial charge in [0.25, 0.3) is 0 Å². The number of pyridine rings is 1. The molecule has 0 radical (unpaired) electrons. The van der Waals surface area contributed by atoms with E-state index >= 15 is 0 Å². The number of ether oxygens (including phenoxy) is 2. The number of hydrogen-bond acceptors (Lipinski definition) is 8. The quantitative estimate of drug-likeness (QED) is 0.267. The highest BCUT2D eigenvalue weighted by molar-refractivity contribution is 6.31. The molecule has 0 amide bonds. The normalized spacial score (nSPS) is 18.6. The van der Waals surface area contributed by atoms with E-state index in [0.717, 1.165) is 29.7 Å². The van der Waals surface area contributed by atoms with Crippen molar-refractivity contribution in [1.29, 1.82) is 0 Å². The number of aromatic carboxylic acids is 1. The predicted molar refractivity (Wildman–Crippen MR) is 148 cm³/mol. The van der Waals surface area contributed by atoms with Gasteiger partial charge in [0.05, 0.1) is 29.8 Å².